The first kappa shape index (κ1) is 9.65. The summed E-state index contributed by atoms with van der Waals surface area (Å²) >= 11 is 0. The minimum Gasteiger partial charge on any atom is -0.453 e. The largest absolute Gasteiger partial charge is 0.453 e. The summed E-state index contributed by atoms with van der Waals surface area (Å²) in [6.07, 6.45) is 3.39. The number of aryl methyl sites for hydroxylation is 1. The molecule has 2 aromatic heterocycles. The van der Waals surface area contributed by atoms with Gasteiger partial charge in [0.2, 0.25) is 0 Å². The number of carbonyl (C=O) groups is 1. The Morgan fingerprint density at radius 2 is 2.00 bits per heavy atom. The molecule has 0 bridgehead atoms. The summed E-state index contributed by atoms with van der Waals surface area (Å²) in [7, 11) is 0. The van der Waals surface area contributed by atoms with Crippen molar-refractivity contribution in [2.75, 3.05) is 0 Å². The molecule has 0 fully saturated rings. The third kappa shape index (κ3) is 1.81. The lowest BCUT2D eigenvalue weighted by Gasteiger charge is -1.94. The molecule has 3 nitrogen and oxygen atoms in total. The van der Waals surface area contributed by atoms with E-state index in [0.29, 0.717) is 11.5 Å². The number of nitrogens with zero attached hydrogens (tertiary/aromatic N) is 1. The average Bonchev–Trinajstić information content (AvgIpc) is 2.62. The maximum Gasteiger partial charge on any atom is 0.195 e. The smallest absolute Gasteiger partial charge is 0.195 e. The second-order valence-corrected chi connectivity index (χ2v) is 3.41. The number of rotatable bonds is 2. The van der Waals surface area contributed by atoms with Crippen LogP contribution in [0.5, 0.6) is 0 Å². The summed E-state index contributed by atoms with van der Waals surface area (Å²) in [5.41, 5.74) is 1.80. The zero-order valence-corrected chi connectivity index (χ0v) is 8.65. The SMILES string of the molecule is CC(=O)c1oc(-c2ccncc2)cc1C. The molecule has 2 heterocycles. The predicted molar refractivity (Wildman–Crippen MR) is 56.7 cm³/mol. The van der Waals surface area contributed by atoms with Crippen LogP contribution >= 0.6 is 0 Å². The van der Waals surface area contributed by atoms with Gasteiger partial charge in [0.1, 0.15) is 5.76 Å². The molecule has 2 aromatic rings. The minimum atomic E-state index is -0.0483. The summed E-state index contributed by atoms with van der Waals surface area (Å²) in [4.78, 5) is 15.1. The molecule has 0 amide bonds. The molecule has 76 valence electrons. The van der Waals surface area contributed by atoms with E-state index >= 15 is 0 Å². The van der Waals surface area contributed by atoms with Gasteiger partial charge in [-0.1, -0.05) is 0 Å². The lowest BCUT2D eigenvalue weighted by atomic mass is 10.2. The summed E-state index contributed by atoms with van der Waals surface area (Å²) in [6.45, 7) is 3.37. The molecule has 0 saturated carbocycles. The van der Waals surface area contributed by atoms with Gasteiger partial charge in [0.25, 0.3) is 0 Å². The molecule has 2 rings (SSSR count). The molecule has 0 aliphatic heterocycles. The highest BCUT2D eigenvalue weighted by atomic mass is 16.3. The Morgan fingerprint density at radius 1 is 1.33 bits per heavy atom. The molecule has 0 aliphatic carbocycles. The molecule has 3 heteroatoms. The number of pyridine rings is 1. The summed E-state index contributed by atoms with van der Waals surface area (Å²) < 4.78 is 5.48. The Morgan fingerprint density at radius 3 is 2.53 bits per heavy atom. The Labute approximate surface area is 87.8 Å². The van der Waals surface area contributed by atoms with Gasteiger partial charge in [0.15, 0.2) is 11.5 Å². The second-order valence-electron chi connectivity index (χ2n) is 3.41. The van der Waals surface area contributed by atoms with Crippen molar-refractivity contribution in [2.24, 2.45) is 0 Å². The molecular formula is C12H11NO2. The third-order valence-electron chi connectivity index (χ3n) is 2.20. The number of aromatic nitrogens is 1. The minimum absolute atomic E-state index is 0.0483. The van der Waals surface area contributed by atoms with Crippen LogP contribution in [0, 0.1) is 6.92 Å². The first-order chi connectivity index (χ1) is 7.18. The monoisotopic (exact) mass is 201 g/mol. The van der Waals surface area contributed by atoms with Crippen LogP contribution in [0.4, 0.5) is 0 Å². The van der Waals surface area contributed by atoms with E-state index in [4.69, 9.17) is 4.42 Å². The van der Waals surface area contributed by atoms with Crippen LogP contribution in [0.2, 0.25) is 0 Å². The van der Waals surface area contributed by atoms with E-state index in [0.717, 1.165) is 11.1 Å². The fourth-order valence-electron chi connectivity index (χ4n) is 1.49. The molecule has 0 unspecified atom stereocenters. The van der Waals surface area contributed by atoms with Crippen molar-refractivity contribution in [3.05, 3.63) is 41.9 Å². The fourth-order valence-corrected chi connectivity index (χ4v) is 1.49. The lowest BCUT2D eigenvalue weighted by Crippen LogP contribution is -1.90. The number of carbonyl (C=O) groups excluding carboxylic acids is 1. The van der Waals surface area contributed by atoms with Crippen molar-refractivity contribution in [1.82, 2.24) is 4.98 Å². The third-order valence-corrected chi connectivity index (χ3v) is 2.20. The second kappa shape index (κ2) is 3.69. The van der Waals surface area contributed by atoms with E-state index in [1.165, 1.54) is 6.92 Å². The molecule has 0 aliphatic rings. The molecule has 15 heavy (non-hydrogen) atoms. The molecule has 0 N–H and O–H groups in total. The van der Waals surface area contributed by atoms with E-state index < -0.39 is 0 Å². The summed E-state index contributed by atoms with van der Waals surface area (Å²) in [5, 5.41) is 0. The highest BCUT2D eigenvalue weighted by Crippen LogP contribution is 2.24. The van der Waals surface area contributed by atoms with Gasteiger partial charge in [-0.15, -0.1) is 0 Å². The highest BCUT2D eigenvalue weighted by Gasteiger charge is 2.12. The summed E-state index contributed by atoms with van der Waals surface area (Å²) in [5.74, 6) is 1.09. The molecule has 0 atom stereocenters. The molecule has 0 spiro atoms. The van der Waals surface area contributed by atoms with Crippen LogP contribution in [-0.2, 0) is 0 Å². The topological polar surface area (TPSA) is 43.1 Å². The lowest BCUT2D eigenvalue weighted by molar-refractivity contribution is 0.0987. The number of furan rings is 1. The fraction of sp³-hybridized carbons (Fsp3) is 0.167. The van der Waals surface area contributed by atoms with Gasteiger partial charge in [-0.05, 0) is 30.7 Å². The van der Waals surface area contributed by atoms with Crippen molar-refractivity contribution >= 4 is 5.78 Å². The van der Waals surface area contributed by atoms with Crippen molar-refractivity contribution < 1.29 is 9.21 Å². The normalized spacial score (nSPS) is 10.3. The maximum absolute atomic E-state index is 11.2. The van der Waals surface area contributed by atoms with Crippen LogP contribution in [-0.4, -0.2) is 10.8 Å². The van der Waals surface area contributed by atoms with E-state index in [2.05, 4.69) is 4.98 Å². The van der Waals surface area contributed by atoms with E-state index in [1.807, 2.05) is 25.1 Å². The van der Waals surface area contributed by atoms with Gasteiger partial charge in [-0.25, -0.2) is 0 Å². The Hall–Kier alpha value is -1.90. The molecule has 0 saturated heterocycles. The van der Waals surface area contributed by atoms with E-state index in [-0.39, 0.29) is 5.78 Å². The van der Waals surface area contributed by atoms with Gasteiger partial charge in [0.05, 0.1) is 0 Å². The number of hydrogen-bond acceptors (Lipinski definition) is 3. The van der Waals surface area contributed by atoms with Gasteiger partial charge < -0.3 is 4.42 Å². The molecule has 0 radical (unpaired) electrons. The first-order valence-electron chi connectivity index (χ1n) is 4.70. The number of Topliss-reactive ketones (excluding diaryl/α,β-unsaturated/α-hetero) is 1. The maximum atomic E-state index is 11.2. The van der Waals surface area contributed by atoms with Gasteiger partial charge in [-0.2, -0.15) is 0 Å². The van der Waals surface area contributed by atoms with Crippen LogP contribution in [0.25, 0.3) is 11.3 Å². The predicted octanol–water partition coefficient (Wildman–Crippen LogP) is 2.85. The standard InChI is InChI=1S/C12H11NO2/c1-8-7-11(15-12(8)9(2)14)10-3-5-13-6-4-10/h3-7H,1-2H3. The zero-order valence-electron chi connectivity index (χ0n) is 8.65. The Balaban J connectivity index is 2.48. The van der Waals surface area contributed by atoms with Gasteiger partial charge >= 0.3 is 0 Å². The van der Waals surface area contributed by atoms with Gasteiger partial charge in [-0.3, -0.25) is 9.78 Å². The summed E-state index contributed by atoms with van der Waals surface area (Å²) in [6, 6.07) is 5.57. The van der Waals surface area contributed by atoms with Crippen LogP contribution in [0.15, 0.2) is 35.0 Å². The van der Waals surface area contributed by atoms with Gasteiger partial charge in [0, 0.05) is 24.9 Å². The van der Waals surface area contributed by atoms with E-state index in [9.17, 15) is 4.79 Å². The number of hydrogen-bond donors (Lipinski definition) is 0. The Kier molecular flexibility index (Phi) is 2.37. The quantitative estimate of drug-likeness (QED) is 0.701. The van der Waals surface area contributed by atoms with Crippen molar-refractivity contribution in [1.29, 1.82) is 0 Å². The average molecular weight is 201 g/mol. The highest BCUT2D eigenvalue weighted by molar-refractivity contribution is 5.93. The number of ketones is 1. The first-order valence-corrected chi connectivity index (χ1v) is 4.70. The van der Waals surface area contributed by atoms with Crippen molar-refractivity contribution in [2.45, 2.75) is 13.8 Å². The van der Waals surface area contributed by atoms with Crippen LogP contribution in [0.1, 0.15) is 23.0 Å². The van der Waals surface area contributed by atoms with Crippen molar-refractivity contribution in [3.63, 3.8) is 0 Å². The Bertz CT molecular complexity index is 486. The van der Waals surface area contributed by atoms with Crippen LogP contribution < -0.4 is 0 Å². The van der Waals surface area contributed by atoms with Crippen molar-refractivity contribution in [3.8, 4) is 11.3 Å². The van der Waals surface area contributed by atoms with Crippen LogP contribution in [0.3, 0.4) is 0 Å². The van der Waals surface area contributed by atoms with E-state index in [1.54, 1.807) is 12.4 Å². The molecular weight excluding hydrogens is 190 g/mol. The molecule has 0 aromatic carbocycles. The zero-order chi connectivity index (χ0) is 10.8.